The summed E-state index contributed by atoms with van der Waals surface area (Å²) in [5, 5.41) is 3.90. The van der Waals surface area contributed by atoms with Crippen molar-refractivity contribution in [3.8, 4) is 11.3 Å². The van der Waals surface area contributed by atoms with Crippen molar-refractivity contribution in [2.24, 2.45) is 0 Å². The molecule has 1 atom stereocenters. The summed E-state index contributed by atoms with van der Waals surface area (Å²) in [5.41, 5.74) is 4.14. The lowest BCUT2D eigenvalue weighted by molar-refractivity contribution is 0.604. The first-order valence-electron chi connectivity index (χ1n) is 8.69. The molecule has 0 unspecified atom stereocenters. The Balaban J connectivity index is 0.00000225. The van der Waals surface area contributed by atoms with Crippen molar-refractivity contribution in [2.45, 2.75) is 19.8 Å². The largest absolute Gasteiger partial charge is 0.464 e. The smallest absolute Gasteiger partial charge is 0.259 e. The molecule has 0 aliphatic heterocycles. The van der Waals surface area contributed by atoms with Gasteiger partial charge in [-0.2, -0.15) is 13.5 Å². The average Bonchev–Trinajstić information content (AvgIpc) is 3.18. The number of rotatable bonds is 5. The van der Waals surface area contributed by atoms with Gasteiger partial charge in [0.05, 0.1) is 17.3 Å². The number of aromatic nitrogens is 4. The van der Waals surface area contributed by atoms with Crippen molar-refractivity contribution in [1.29, 1.82) is 0 Å². The molecule has 0 saturated carbocycles. The molecule has 0 aliphatic rings. The summed E-state index contributed by atoms with van der Waals surface area (Å²) in [6, 6.07) is 7.53. The lowest BCUT2D eigenvalue weighted by Gasteiger charge is -2.14. The van der Waals surface area contributed by atoms with Crippen LogP contribution in [0.15, 0.2) is 58.5 Å². The summed E-state index contributed by atoms with van der Waals surface area (Å²) >= 11 is 0. The Morgan fingerprint density at radius 3 is 2.86 bits per heavy atom. The Hall–Kier alpha value is -3.13. The molecular weight excluding hydrogens is 374 g/mol. The van der Waals surface area contributed by atoms with Crippen LogP contribution in [0.3, 0.4) is 0 Å². The predicted octanol–water partition coefficient (Wildman–Crippen LogP) is 3.61. The van der Waals surface area contributed by atoms with Gasteiger partial charge in [-0.05, 0) is 25.1 Å². The molecule has 0 amide bonds. The minimum absolute atomic E-state index is 0. The molecule has 4 aromatic rings. The summed E-state index contributed by atoms with van der Waals surface area (Å²) in [6.07, 6.45) is 6.59. The van der Waals surface area contributed by atoms with Gasteiger partial charge in [-0.3, -0.25) is 9.78 Å². The van der Waals surface area contributed by atoms with Gasteiger partial charge in [0.15, 0.2) is 0 Å². The van der Waals surface area contributed by atoms with Gasteiger partial charge < -0.3 is 14.7 Å². The molecule has 8 heteroatoms. The third-order valence-corrected chi connectivity index (χ3v) is 4.53. The fraction of sp³-hybridized carbons (Fsp3) is 0.200. The molecule has 0 bridgehead atoms. The molecule has 144 valence electrons. The second-order valence-electron chi connectivity index (χ2n) is 6.50. The predicted molar refractivity (Wildman–Crippen MR) is 114 cm³/mol. The van der Waals surface area contributed by atoms with E-state index in [4.69, 9.17) is 4.42 Å². The fourth-order valence-electron chi connectivity index (χ4n) is 2.96. The van der Waals surface area contributed by atoms with E-state index in [0.717, 1.165) is 28.3 Å². The second-order valence-corrected chi connectivity index (χ2v) is 6.50. The molecule has 7 nitrogen and oxygen atoms in total. The molecular formula is C20H21N5O2S. The zero-order chi connectivity index (χ0) is 18.8. The molecule has 28 heavy (non-hydrogen) atoms. The number of nitrogens with one attached hydrogen (secondary N) is 2. The van der Waals surface area contributed by atoms with Gasteiger partial charge in [0.1, 0.15) is 17.7 Å². The molecule has 4 heterocycles. The van der Waals surface area contributed by atoms with Crippen molar-refractivity contribution in [1.82, 2.24) is 19.9 Å². The van der Waals surface area contributed by atoms with Gasteiger partial charge in [-0.1, -0.05) is 6.92 Å². The maximum atomic E-state index is 11.8. The van der Waals surface area contributed by atoms with Gasteiger partial charge in [0, 0.05) is 47.7 Å². The maximum Gasteiger partial charge on any atom is 0.259 e. The molecule has 0 aromatic carbocycles. The minimum atomic E-state index is -0.144. The van der Waals surface area contributed by atoms with E-state index < -0.39 is 0 Å². The van der Waals surface area contributed by atoms with Gasteiger partial charge in [0.25, 0.3) is 5.56 Å². The second kappa shape index (κ2) is 8.26. The van der Waals surface area contributed by atoms with Crippen molar-refractivity contribution in [3.05, 3.63) is 70.9 Å². The highest BCUT2D eigenvalue weighted by Gasteiger charge is 2.14. The zero-order valence-electron chi connectivity index (χ0n) is 15.6. The van der Waals surface area contributed by atoms with E-state index in [1.54, 1.807) is 18.5 Å². The van der Waals surface area contributed by atoms with E-state index in [-0.39, 0.29) is 25.0 Å². The van der Waals surface area contributed by atoms with Crippen LogP contribution in [0.5, 0.6) is 0 Å². The van der Waals surface area contributed by atoms with E-state index in [0.29, 0.717) is 17.5 Å². The highest BCUT2D eigenvalue weighted by Crippen LogP contribution is 2.24. The van der Waals surface area contributed by atoms with E-state index in [9.17, 15) is 4.79 Å². The van der Waals surface area contributed by atoms with Crippen LogP contribution in [0.4, 0.5) is 5.82 Å². The number of aromatic amines is 1. The van der Waals surface area contributed by atoms with Gasteiger partial charge in [-0.15, -0.1) is 0 Å². The van der Waals surface area contributed by atoms with Crippen LogP contribution in [0.25, 0.3) is 22.2 Å². The zero-order valence-corrected chi connectivity index (χ0v) is 16.6. The monoisotopic (exact) mass is 395 g/mol. The van der Waals surface area contributed by atoms with Crippen LogP contribution in [0, 0.1) is 6.92 Å². The number of aryl methyl sites for hydroxylation is 1. The highest BCUT2D eigenvalue weighted by molar-refractivity contribution is 7.59. The Kier molecular flexibility index (Phi) is 5.79. The number of pyridine rings is 2. The third kappa shape index (κ3) is 3.91. The minimum Gasteiger partial charge on any atom is -0.464 e. The van der Waals surface area contributed by atoms with Crippen LogP contribution in [-0.4, -0.2) is 26.5 Å². The highest BCUT2D eigenvalue weighted by atomic mass is 32.1. The Labute approximate surface area is 168 Å². The summed E-state index contributed by atoms with van der Waals surface area (Å²) in [7, 11) is 0. The first-order valence-corrected chi connectivity index (χ1v) is 8.69. The molecule has 0 spiro atoms. The van der Waals surface area contributed by atoms with E-state index in [2.05, 4.69) is 32.2 Å². The van der Waals surface area contributed by atoms with Crippen molar-refractivity contribution >= 4 is 30.3 Å². The standard InChI is InChI=1S/C20H19N5O2.H2S/c1-12(16-10-23-20(26)15-5-6-27-19(15)16)8-22-18-7-17(24-11-25-18)14-4-3-13(2)21-9-14;/h3-7,9-12H,8H2,1-2H3,(H,23,26)(H,22,24,25);1H2/t12-;/m1./s1. The van der Waals surface area contributed by atoms with Crippen molar-refractivity contribution in [2.75, 3.05) is 11.9 Å². The van der Waals surface area contributed by atoms with Crippen LogP contribution >= 0.6 is 13.5 Å². The number of hydrogen-bond acceptors (Lipinski definition) is 6. The lowest BCUT2D eigenvalue weighted by atomic mass is 10.0. The van der Waals surface area contributed by atoms with Crippen LogP contribution < -0.4 is 10.9 Å². The van der Waals surface area contributed by atoms with Gasteiger partial charge in [0.2, 0.25) is 0 Å². The van der Waals surface area contributed by atoms with E-state index in [1.165, 1.54) is 12.6 Å². The van der Waals surface area contributed by atoms with Crippen LogP contribution in [-0.2, 0) is 0 Å². The summed E-state index contributed by atoms with van der Waals surface area (Å²) in [4.78, 5) is 27.5. The quantitative estimate of drug-likeness (QED) is 0.536. The first kappa shape index (κ1) is 19.6. The van der Waals surface area contributed by atoms with Crippen LogP contribution in [0.1, 0.15) is 24.1 Å². The molecule has 2 N–H and O–H groups in total. The number of anilines is 1. The summed E-state index contributed by atoms with van der Waals surface area (Å²) in [5.74, 6) is 0.836. The third-order valence-electron chi connectivity index (χ3n) is 4.53. The molecule has 0 radical (unpaired) electrons. The maximum absolute atomic E-state index is 11.8. The number of nitrogens with zero attached hydrogens (tertiary/aromatic N) is 3. The number of furan rings is 1. The Bertz CT molecular complexity index is 1140. The Morgan fingerprint density at radius 1 is 1.21 bits per heavy atom. The number of H-pyrrole nitrogens is 1. The SMILES string of the molecule is Cc1ccc(-c2cc(NC[C@@H](C)c3c[nH]c(=O)c4ccoc34)ncn2)cn1.S. The van der Waals surface area contributed by atoms with Gasteiger partial charge >= 0.3 is 0 Å². The van der Waals surface area contributed by atoms with Crippen LogP contribution in [0.2, 0.25) is 0 Å². The topological polar surface area (TPSA) is 96.7 Å². The summed E-state index contributed by atoms with van der Waals surface area (Å²) < 4.78 is 5.51. The Morgan fingerprint density at radius 2 is 2.07 bits per heavy atom. The van der Waals surface area contributed by atoms with Crippen molar-refractivity contribution in [3.63, 3.8) is 0 Å². The van der Waals surface area contributed by atoms with Gasteiger partial charge in [-0.25, -0.2) is 9.97 Å². The van der Waals surface area contributed by atoms with Crippen molar-refractivity contribution < 1.29 is 4.42 Å². The number of hydrogen-bond donors (Lipinski definition) is 2. The number of fused-ring (bicyclic) bond motifs is 1. The molecule has 4 rings (SSSR count). The average molecular weight is 395 g/mol. The van der Waals surface area contributed by atoms with E-state index in [1.807, 2.05) is 25.1 Å². The molecule has 0 aliphatic carbocycles. The molecule has 0 fully saturated rings. The van der Waals surface area contributed by atoms with E-state index >= 15 is 0 Å². The fourth-order valence-corrected chi connectivity index (χ4v) is 2.96. The molecule has 4 aromatic heterocycles. The molecule has 0 saturated heterocycles. The first-order chi connectivity index (χ1) is 13.1. The lowest BCUT2D eigenvalue weighted by Crippen LogP contribution is -2.14. The summed E-state index contributed by atoms with van der Waals surface area (Å²) in [6.45, 7) is 4.64. The normalized spacial score (nSPS) is 11.8.